The molecule has 6 heteroatoms. The lowest BCUT2D eigenvalue weighted by Crippen LogP contribution is -2.39. The second kappa shape index (κ2) is 8.46. The molecule has 3 aromatic rings. The van der Waals surface area contributed by atoms with Crippen molar-refractivity contribution in [1.29, 1.82) is 0 Å². The van der Waals surface area contributed by atoms with Gasteiger partial charge in [-0.05, 0) is 74.8 Å². The number of likely N-dealkylation sites (tertiary alicyclic amines) is 1. The molecule has 1 atom stereocenters. The van der Waals surface area contributed by atoms with Gasteiger partial charge in [-0.25, -0.2) is 0 Å². The molecule has 0 radical (unpaired) electrons. The van der Waals surface area contributed by atoms with Crippen molar-refractivity contribution in [2.75, 3.05) is 13.1 Å². The zero-order valence-corrected chi connectivity index (χ0v) is 18.6. The number of carbonyl (C=O) groups is 1. The highest BCUT2D eigenvalue weighted by atomic mass is 35.5. The van der Waals surface area contributed by atoms with E-state index in [4.69, 9.17) is 16.6 Å². The number of piperidine rings is 1. The van der Waals surface area contributed by atoms with Gasteiger partial charge in [0.05, 0.1) is 0 Å². The van der Waals surface area contributed by atoms with Crippen LogP contribution in [0.1, 0.15) is 69.4 Å². The van der Waals surface area contributed by atoms with Crippen molar-refractivity contribution >= 4 is 17.5 Å². The fourth-order valence-corrected chi connectivity index (χ4v) is 5.19. The lowest BCUT2D eigenvalue weighted by Gasteiger charge is -2.32. The minimum absolute atomic E-state index is 0.0630. The van der Waals surface area contributed by atoms with E-state index >= 15 is 0 Å². The van der Waals surface area contributed by atoms with E-state index in [0.29, 0.717) is 12.2 Å². The number of pyridine rings is 1. The van der Waals surface area contributed by atoms with Crippen LogP contribution >= 0.6 is 11.6 Å². The maximum atomic E-state index is 13.2. The van der Waals surface area contributed by atoms with Crippen LogP contribution in [-0.4, -0.2) is 39.1 Å². The first-order valence-corrected chi connectivity index (χ1v) is 11.5. The number of nitrogens with one attached hydrogen (secondary N) is 1. The van der Waals surface area contributed by atoms with Crippen molar-refractivity contribution in [1.82, 2.24) is 20.1 Å². The van der Waals surface area contributed by atoms with E-state index in [1.54, 1.807) is 0 Å². The standard InChI is InChI=1S/C25H27ClN4O/c1-16-12-17(13-18-6-2-3-9-21(18)26)14-23(27-16)19-7-5-11-30(15-19)25(31)24-20-8-4-10-22(20)28-29-24/h2-3,6,9,12,14,19H,4-5,7-8,10-11,13,15H2,1H3,(H,28,29)/t19-/m0/s1. The average Bonchev–Trinajstić information content (AvgIpc) is 3.39. The first-order valence-electron chi connectivity index (χ1n) is 11.1. The Morgan fingerprint density at radius 2 is 2.10 bits per heavy atom. The molecule has 5 nitrogen and oxygen atoms in total. The number of halogens is 1. The monoisotopic (exact) mass is 434 g/mol. The molecule has 1 aromatic carbocycles. The van der Waals surface area contributed by atoms with Crippen molar-refractivity contribution in [3.8, 4) is 0 Å². The Morgan fingerprint density at radius 1 is 1.23 bits per heavy atom. The van der Waals surface area contributed by atoms with Gasteiger partial charge in [0.25, 0.3) is 5.91 Å². The van der Waals surface area contributed by atoms with Crippen molar-refractivity contribution in [2.24, 2.45) is 0 Å². The van der Waals surface area contributed by atoms with Crippen LogP contribution in [0.15, 0.2) is 36.4 Å². The number of nitrogens with zero attached hydrogens (tertiary/aromatic N) is 3. The molecular formula is C25H27ClN4O. The molecule has 1 amide bonds. The Labute approximate surface area is 187 Å². The fraction of sp³-hybridized carbons (Fsp3) is 0.400. The first-order chi connectivity index (χ1) is 15.1. The number of hydrogen-bond acceptors (Lipinski definition) is 3. The predicted molar refractivity (Wildman–Crippen MR) is 122 cm³/mol. The minimum atomic E-state index is 0.0630. The van der Waals surface area contributed by atoms with E-state index < -0.39 is 0 Å². The topological polar surface area (TPSA) is 61.9 Å². The van der Waals surface area contributed by atoms with Crippen molar-refractivity contribution in [3.63, 3.8) is 0 Å². The Hall–Kier alpha value is -2.66. The summed E-state index contributed by atoms with van der Waals surface area (Å²) in [6.45, 7) is 3.52. The van der Waals surface area contributed by atoms with Crippen LogP contribution in [0.5, 0.6) is 0 Å². The number of amides is 1. The van der Waals surface area contributed by atoms with E-state index in [9.17, 15) is 4.79 Å². The number of hydrogen-bond donors (Lipinski definition) is 1. The molecule has 1 saturated heterocycles. The highest BCUT2D eigenvalue weighted by Crippen LogP contribution is 2.30. The van der Waals surface area contributed by atoms with Crippen LogP contribution in [0.25, 0.3) is 0 Å². The highest BCUT2D eigenvalue weighted by molar-refractivity contribution is 6.31. The van der Waals surface area contributed by atoms with Crippen molar-refractivity contribution in [3.05, 3.63) is 80.9 Å². The summed E-state index contributed by atoms with van der Waals surface area (Å²) in [5.41, 5.74) is 7.31. The third-order valence-corrected chi connectivity index (χ3v) is 6.89. The average molecular weight is 435 g/mol. The van der Waals surface area contributed by atoms with Gasteiger partial charge in [-0.15, -0.1) is 0 Å². The summed E-state index contributed by atoms with van der Waals surface area (Å²) < 4.78 is 0. The van der Waals surface area contributed by atoms with Gasteiger partial charge in [-0.3, -0.25) is 14.9 Å². The van der Waals surface area contributed by atoms with Crippen LogP contribution in [0, 0.1) is 6.92 Å². The van der Waals surface area contributed by atoms with Crippen molar-refractivity contribution in [2.45, 2.75) is 51.4 Å². The van der Waals surface area contributed by atoms with Gasteiger partial charge in [0, 0.05) is 46.7 Å². The van der Waals surface area contributed by atoms with Gasteiger partial charge >= 0.3 is 0 Å². The number of benzene rings is 1. The molecule has 2 aromatic heterocycles. The van der Waals surface area contributed by atoms with Crippen LogP contribution in [-0.2, 0) is 19.3 Å². The highest BCUT2D eigenvalue weighted by Gasteiger charge is 2.31. The third kappa shape index (κ3) is 4.11. The summed E-state index contributed by atoms with van der Waals surface area (Å²) in [6.07, 6.45) is 5.87. The van der Waals surface area contributed by atoms with E-state index in [2.05, 4.69) is 28.4 Å². The molecule has 3 heterocycles. The molecule has 0 saturated carbocycles. The normalized spacial score (nSPS) is 18.3. The van der Waals surface area contributed by atoms with E-state index in [1.807, 2.05) is 30.0 Å². The number of rotatable bonds is 4. The van der Waals surface area contributed by atoms with Crippen LogP contribution in [0.3, 0.4) is 0 Å². The predicted octanol–water partition coefficient (Wildman–Crippen LogP) is 4.87. The van der Waals surface area contributed by atoms with Gasteiger partial charge in [0.15, 0.2) is 5.69 Å². The minimum Gasteiger partial charge on any atom is -0.337 e. The number of aromatic amines is 1. The molecule has 0 unspecified atom stereocenters. The SMILES string of the molecule is Cc1cc(Cc2ccccc2Cl)cc([C@H]2CCCN(C(=O)c3n[nH]c4c3CCC4)C2)n1. The molecule has 2 aliphatic rings. The molecule has 1 aliphatic carbocycles. The maximum absolute atomic E-state index is 13.2. The lowest BCUT2D eigenvalue weighted by atomic mass is 9.92. The molecule has 160 valence electrons. The summed E-state index contributed by atoms with van der Waals surface area (Å²) in [5.74, 6) is 0.308. The zero-order chi connectivity index (χ0) is 21.4. The summed E-state index contributed by atoms with van der Waals surface area (Å²) in [6, 6.07) is 12.3. The Bertz CT molecular complexity index is 1120. The smallest absolute Gasteiger partial charge is 0.274 e. The van der Waals surface area contributed by atoms with Crippen LogP contribution in [0.4, 0.5) is 0 Å². The summed E-state index contributed by atoms with van der Waals surface area (Å²) >= 11 is 6.38. The van der Waals surface area contributed by atoms with E-state index in [-0.39, 0.29) is 11.8 Å². The maximum Gasteiger partial charge on any atom is 0.274 e. The Balaban J connectivity index is 1.35. The molecule has 1 N–H and O–H groups in total. The molecule has 0 bridgehead atoms. The number of H-pyrrole nitrogens is 1. The fourth-order valence-electron chi connectivity index (χ4n) is 4.99. The van der Waals surface area contributed by atoms with Gasteiger partial charge < -0.3 is 4.90 Å². The number of fused-ring (bicyclic) bond motifs is 1. The summed E-state index contributed by atoms with van der Waals surface area (Å²) in [5, 5.41) is 8.21. The zero-order valence-electron chi connectivity index (χ0n) is 17.8. The first kappa shape index (κ1) is 20.3. The van der Waals surface area contributed by atoms with Gasteiger partial charge in [-0.2, -0.15) is 5.10 Å². The number of carbonyl (C=O) groups excluding carboxylic acids is 1. The van der Waals surface area contributed by atoms with Crippen LogP contribution in [0.2, 0.25) is 5.02 Å². The van der Waals surface area contributed by atoms with Gasteiger partial charge in [0.1, 0.15) is 0 Å². The van der Waals surface area contributed by atoms with Gasteiger partial charge in [-0.1, -0.05) is 29.8 Å². The molecular weight excluding hydrogens is 408 g/mol. The second-order valence-electron chi connectivity index (χ2n) is 8.78. The number of aryl methyl sites for hydroxylation is 2. The lowest BCUT2D eigenvalue weighted by molar-refractivity contribution is 0.0698. The Morgan fingerprint density at radius 3 is 2.97 bits per heavy atom. The largest absolute Gasteiger partial charge is 0.337 e. The number of aromatic nitrogens is 3. The van der Waals surface area contributed by atoms with Crippen molar-refractivity contribution < 1.29 is 4.79 Å². The van der Waals surface area contributed by atoms with E-state index in [0.717, 1.165) is 78.3 Å². The molecule has 31 heavy (non-hydrogen) atoms. The molecule has 5 rings (SSSR count). The molecule has 1 fully saturated rings. The third-order valence-electron chi connectivity index (χ3n) is 6.52. The van der Waals surface area contributed by atoms with Crippen LogP contribution < -0.4 is 0 Å². The quantitative estimate of drug-likeness (QED) is 0.637. The Kier molecular flexibility index (Phi) is 5.53. The summed E-state index contributed by atoms with van der Waals surface area (Å²) in [7, 11) is 0. The van der Waals surface area contributed by atoms with E-state index in [1.165, 1.54) is 5.56 Å². The van der Waals surface area contributed by atoms with Gasteiger partial charge in [0.2, 0.25) is 0 Å². The second-order valence-corrected chi connectivity index (χ2v) is 9.19. The molecule has 1 aliphatic heterocycles. The molecule has 0 spiro atoms. The summed E-state index contributed by atoms with van der Waals surface area (Å²) in [4.78, 5) is 20.0.